The second-order valence-corrected chi connectivity index (χ2v) is 6.63. The lowest BCUT2D eigenvalue weighted by atomic mass is 9.79. The molecule has 0 N–H and O–H groups in total. The van der Waals surface area contributed by atoms with Crippen molar-refractivity contribution in [2.75, 3.05) is 0 Å². The zero-order valence-electron chi connectivity index (χ0n) is 13.6. The van der Waals surface area contributed by atoms with Crippen LogP contribution in [0.5, 0.6) is 0 Å². The normalized spacial score (nSPS) is 18.4. The van der Waals surface area contributed by atoms with E-state index < -0.39 is 0 Å². The van der Waals surface area contributed by atoms with Gasteiger partial charge in [0.25, 0.3) is 0 Å². The minimum absolute atomic E-state index is 0.744. The van der Waals surface area contributed by atoms with Gasteiger partial charge in [-0.25, -0.2) is 0 Å². The van der Waals surface area contributed by atoms with Gasteiger partial charge in [-0.05, 0) is 50.4 Å². The third kappa shape index (κ3) is 7.18. The second kappa shape index (κ2) is 10.5. The number of hydrogen-bond acceptors (Lipinski definition) is 0. The first kappa shape index (κ1) is 16.8. The van der Waals surface area contributed by atoms with Crippen molar-refractivity contribution in [2.24, 2.45) is 5.41 Å². The van der Waals surface area contributed by atoms with E-state index in [1.54, 1.807) is 0 Å². The summed E-state index contributed by atoms with van der Waals surface area (Å²) < 4.78 is 0. The summed E-state index contributed by atoms with van der Waals surface area (Å²) in [5.41, 5.74) is 0.744. The molecule has 0 aromatic heterocycles. The third-order valence-electron chi connectivity index (χ3n) is 5.13. The van der Waals surface area contributed by atoms with Crippen molar-refractivity contribution in [3.8, 4) is 0 Å². The first-order valence-electron chi connectivity index (χ1n) is 8.98. The molecule has 0 heterocycles. The van der Waals surface area contributed by atoms with Gasteiger partial charge in [0.1, 0.15) is 0 Å². The highest BCUT2D eigenvalue weighted by molar-refractivity contribution is 4.86. The van der Waals surface area contributed by atoms with Crippen LogP contribution in [0.1, 0.15) is 104 Å². The lowest BCUT2D eigenvalue weighted by Crippen LogP contribution is -2.14. The largest absolute Gasteiger partial charge is 0.0885 e. The number of hydrogen-bond donors (Lipinski definition) is 0. The van der Waals surface area contributed by atoms with Crippen LogP contribution in [0.15, 0.2) is 12.2 Å². The molecule has 19 heavy (non-hydrogen) atoms. The predicted octanol–water partition coefficient (Wildman–Crippen LogP) is 7.04. The molecule has 0 nitrogen and oxygen atoms in total. The van der Waals surface area contributed by atoms with Gasteiger partial charge in [-0.3, -0.25) is 0 Å². The van der Waals surface area contributed by atoms with Gasteiger partial charge < -0.3 is 0 Å². The van der Waals surface area contributed by atoms with Crippen molar-refractivity contribution in [3.05, 3.63) is 12.2 Å². The van der Waals surface area contributed by atoms with Crippen LogP contribution in [0, 0.1) is 5.41 Å². The zero-order chi connectivity index (χ0) is 13.8. The van der Waals surface area contributed by atoms with Crippen molar-refractivity contribution in [1.29, 1.82) is 0 Å². The predicted molar refractivity (Wildman–Crippen MR) is 87.6 cm³/mol. The van der Waals surface area contributed by atoms with Gasteiger partial charge in [-0.1, -0.05) is 70.9 Å². The topological polar surface area (TPSA) is 0 Å². The molecular formula is C19H36. The Hall–Kier alpha value is -0.260. The molecule has 1 saturated carbocycles. The smallest absolute Gasteiger partial charge is 0.0300 e. The van der Waals surface area contributed by atoms with E-state index in [0.717, 1.165) is 5.41 Å². The summed E-state index contributed by atoms with van der Waals surface area (Å²) in [5.74, 6) is 0. The highest BCUT2D eigenvalue weighted by Gasteiger charge is 2.30. The Balaban J connectivity index is 1.95. The highest BCUT2D eigenvalue weighted by atomic mass is 14.4. The van der Waals surface area contributed by atoms with E-state index in [9.17, 15) is 0 Å². The minimum atomic E-state index is 0.744. The zero-order valence-corrected chi connectivity index (χ0v) is 13.6. The summed E-state index contributed by atoms with van der Waals surface area (Å²) in [6.45, 7) is 4.69. The van der Waals surface area contributed by atoms with Crippen molar-refractivity contribution >= 4 is 0 Å². The van der Waals surface area contributed by atoms with Gasteiger partial charge >= 0.3 is 0 Å². The molecule has 0 atom stereocenters. The Kier molecular flexibility index (Phi) is 9.30. The van der Waals surface area contributed by atoms with E-state index in [2.05, 4.69) is 26.0 Å². The molecule has 1 aliphatic carbocycles. The van der Waals surface area contributed by atoms with Crippen LogP contribution in [0.4, 0.5) is 0 Å². The average molecular weight is 264 g/mol. The van der Waals surface area contributed by atoms with Crippen LogP contribution in [0.2, 0.25) is 0 Å². The Bertz CT molecular complexity index is 220. The Morgan fingerprint density at radius 3 is 2.05 bits per heavy atom. The molecular weight excluding hydrogens is 228 g/mol. The van der Waals surface area contributed by atoms with Crippen LogP contribution >= 0.6 is 0 Å². The van der Waals surface area contributed by atoms with Crippen LogP contribution < -0.4 is 0 Å². The Labute approximate surface area is 122 Å². The van der Waals surface area contributed by atoms with Gasteiger partial charge in [-0.2, -0.15) is 0 Å². The molecule has 0 heteroatoms. The quantitative estimate of drug-likeness (QED) is 0.277. The van der Waals surface area contributed by atoms with E-state index in [0.29, 0.717) is 0 Å². The van der Waals surface area contributed by atoms with E-state index in [1.165, 1.54) is 89.9 Å². The number of allylic oxidation sites excluding steroid dienone is 2. The monoisotopic (exact) mass is 264 g/mol. The Morgan fingerprint density at radius 1 is 0.789 bits per heavy atom. The summed E-state index contributed by atoms with van der Waals surface area (Å²) in [7, 11) is 0. The van der Waals surface area contributed by atoms with Crippen molar-refractivity contribution in [2.45, 2.75) is 104 Å². The minimum Gasteiger partial charge on any atom is -0.0885 e. The molecule has 0 unspecified atom stereocenters. The number of rotatable bonds is 11. The molecule has 0 spiro atoms. The fraction of sp³-hybridized carbons (Fsp3) is 0.895. The lowest BCUT2D eigenvalue weighted by molar-refractivity contribution is 0.254. The first-order chi connectivity index (χ1) is 9.33. The van der Waals surface area contributed by atoms with Gasteiger partial charge in [0.15, 0.2) is 0 Å². The third-order valence-corrected chi connectivity index (χ3v) is 5.13. The van der Waals surface area contributed by atoms with E-state index in [1.807, 2.05) is 0 Å². The van der Waals surface area contributed by atoms with Crippen LogP contribution in [-0.2, 0) is 0 Å². The van der Waals surface area contributed by atoms with Gasteiger partial charge in [0, 0.05) is 0 Å². The van der Waals surface area contributed by atoms with E-state index in [-0.39, 0.29) is 0 Å². The summed E-state index contributed by atoms with van der Waals surface area (Å²) in [6.07, 6.45) is 24.8. The van der Waals surface area contributed by atoms with Crippen molar-refractivity contribution < 1.29 is 0 Å². The second-order valence-electron chi connectivity index (χ2n) is 6.63. The highest BCUT2D eigenvalue weighted by Crippen LogP contribution is 2.44. The molecule has 0 aliphatic heterocycles. The Morgan fingerprint density at radius 2 is 1.42 bits per heavy atom. The van der Waals surface area contributed by atoms with Crippen molar-refractivity contribution in [3.63, 3.8) is 0 Å². The maximum Gasteiger partial charge on any atom is -0.0300 e. The summed E-state index contributed by atoms with van der Waals surface area (Å²) >= 11 is 0. The molecule has 1 fully saturated rings. The van der Waals surface area contributed by atoms with Crippen LogP contribution in [-0.4, -0.2) is 0 Å². The summed E-state index contributed by atoms with van der Waals surface area (Å²) in [6, 6.07) is 0. The van der Waals surface area contributed by atoms with E-state index in [4.69, 9.17) is 0 Å². The molecule has 1 aliphatic rings. The maximum atomic E-state index is 2.44. The molecule has 0 bridgehead atoms. The fourth-order valence-corrected chi connectivity index (χ4v) is 3.60. The van der Waals surface area contributed by atoms with Crippen molar-refractivity contribution in [1.82, 2.24) is 0 Å². The first-order valence-corrected chi connectivity index (χ1v) is 8.98. The summed E-state index contributed by atoms with van der Waals surface area (Å²) in [5, 5.41) is 0. The van der Waals surface area contributed by atoms with Crippen LogP contribution in [0.25, 0.3) is 0 Å². The maximum absolute atomic E-state index is 2.44. The van der Waals surface area contributed by atoms with Gasteiger partial charge in [0.05, 0.1) is 0 Å². The lowest BCUT2D eigenvalue weighted by Gasteiger charge is -2.27. The molecule has 0 amide bonds. The molecule has 1 rings (SSSR count). The molecule has 0 saturated heterocycles. The SMILES string of the molecule is CCCCCCCC=CCCCC1(CC)CCCC1. The summed E-state index contributed by atoms with van der Waals surface area (Å²) in [4.78, 5) is 0. The number of unbranched alkanes of at least 4 members (excludes halogenated alkanes) is 6. The molecule has 0 radical (unpaired) electrons. The standard InChI is InChI=1S/C19H36/c1-3-5-6-7-8-9-10-11-12-13-16-19(4-2)17-14-15-18-19/h10-11H,3-9,12-18H2,1-2H3. The van der Waals surface area contributed by atoms with Gasteiger partial charge in [0.2, 0.25) is 0 Å². The van der Waals surface area contributed by atoms with Gasteiger partial charge in [-0.15, -0.1) is 0 Å². The van der Waals surface area contributed by atoms with E-state index >= 15 is 0 Å². The molecule has 0 aromatic rings. The fourth-order valence-electron chi connectivity index (χ4n) is 3.60. The molecule has 112 valence electrons. The molecule has 0 aromatic carbocycles. The average Bonchev–Trinajstić information content (AvgIpc) is 2.90. The van der Waals surface area contributed by atoms with Crippen LogP contribution in [0.3, 0.4) is 0 Å².